The molecule has 2 atom stereocenters. The molecule has 0 aliphatic heterocycles. The molecule has 0 unspecified atom stereocenters. The van der Waals surface area contributed by atoms with E-state index in [1.54, 1.807) is 22.7 Å². The average Bonchev–Trinajstić information content (AvgIpc) is 3.13. The molecule has 5 heteroatoms. The van der Waals surface area contributed by atoms with E-state index in [1.165, 1.54) is 4.70 Å². The first-order valence-corrected chi connectivity index (χ1v) is 8.66. The highest BCUT2D eigenvalue weighted by Gasteiger charge is 2.24. The number of aliphatic hydroxyl groups is 1. The number of fused-ring (bicyclic) bond motifs is 1. The molecule has 0 saturated heterocycles. The van der Waals surface area contributed by atoms with E-state index in [0.717, 1.165) is 16.1 Å². The van der Waals surface area contributed by atoms with E-state index in [-0.39, 0.29) is 6.04 Å². The molecular weight excluding hydrogens is 300 g/mol. The van der Waals surface area contributed by atoms with E-state index in [1.807, 2.05) is 41.9 Å². The van der Waals surface area contributed by atoms with E-state index in [0.29, 0.717) is 6.54 Å². The highest BCUT2D eigenvalue weighted by atomic mass is 32.1. The molecule has 2 aromatic heterocycles. The van der Waals surface area contributed by atoms with Gasteiger partial charge >= 0.3 is 0 Å². The number of hydrogen-bond donors (Lipinski definition) is 2. The van der Waals surface area contributed by atoms with Crippen LogP contribution in [0.3, 0.4) is 0 Å². The Morgan fingerprint density at radius 2 is 2.14 bits per heavy atom. The molecule has 3 rings (SSSR count). The maximum Gasteiger partial charge on any atom is 0.111 e. The lowest BCUT2D eigenvalue weighted by atomic mass is 9.99. The second kappa shape index (κ2) is 5.85. The maximum absolute atomic E-state index is 10.5. The van der Waals surface area contributed by atoms with Crippen LogP contribution in [0.4, 0.5) is 0 Å². The number of rotatable bonds is 5. The zero-order valence-corrected chi connectivity index (χ0v) is 13.7. The molecule has 1 aromatic carbocycles. The Kier molecular flexibility index (Phi) is 4.08. The normalized spacial score (nSPS) is 16.0. The quantitative estimate of drug-likeness (QED) is 0.749. The summed E-state index contributed by atoms with van der Waals surface area (Å²) in [5.41, 5.74) is 1.14. The van der Waals surface area contributed by atoms with Crippen LogP contribution in [0.2, 0.25) is 0 Å². The molecule has 110 valence electrons. The topological polar surface area (TPSA) is 45.1 Å². The first-order valence-electron chi connectivity index (χ1n) is 6.90. The van der Waals surface area contributed by atoms with E-state index in [2.05, 4.69) is 23.3 Å². The third kappa shape index (κ3) is 3.16. The van der Waals surface area contributed by atoms with Crippen molar-refractivity contribution in [2.75, 3.05) is 6.54 Å². The molecule has 3 nitrogen and oxygen atoms in total. The van der Waals surface area contributed by atoms with Crippen molar-refractivity contribution < 1.29 is 5.11 Å². The summed E-state index contributed by atoms with van der Waals surface area (Å²) >= 11 is 3.30. The summed E-state index contributed by atoms with van der Waals surface area (Å²) in [6.07, 6.45) is 0. The van der Waals surface area contributed by atoms with Crippen LogP contribution >= 0.6 is 22.7 Å². The van der Waals surface area contributed by atoms with Crippen LogP contribution in [-0.4, -0.2) is 16.6 Å². The van der Waals surface area contributed by atoms with Crippen LogP contribution in [0.25, 0.3) is 10.2 Å². The maximum atomic E-state index is 10.5. The third-order valence-electron chi connectivity index (χ3n) is 3.58. The zero-order valence-electron chi connectivity index (χ0n) is 12.0. The molecule has 3 aromatic rings. The Labute approximate surface area is 132 Å². The second-order valence-electron chi connectivity index (χ2n) is 5.41. The van der Waals surface area contributed by atoms with Crippen LogP contribution in [0.5, 0.6) is 0 Å². The molecule has 2 heterocycles. The first-order chi connectivity index (χ1) is 10.1. The smallest absolute Gasteiger partial charge is 0.111 e. The fraction of sp³-hybridized carbons (Fsp3) is 0.312. The van der Waals surface area contributed by atoms with Gasteiger partial charge in [-0.15, -0.1) is 11.3 Å². The van der Waals surface area contributed by atoms with Crippen LogP contribution in [0, 0.1) is 0 Å². The summed E-state index contributed by atoms with van der Waals surface area (Å²) < 4.78 is 1.20. The highest BCUT2D eigenvalue weighted by Crippen LogP contribution is 2.27. The lowest BCUT2D eigenvalue weighted by Gasteiger charge is -2.24. The molecule has 21 heavy (non-hydrogen) atoms. The van der Waals surface area contributed by atoms with Gasteiger partial charge in [-0.2, -0.15) is 11.3 Å². The van der Waals surface area contributed by atoms with Gasteiger partial charge < -0.3 is 10.4 Å². The lowest BCUT2D eigenvalue weighted by Crippen LogP contribution is -2.36. The molecule has 0 aliphatic rings. The first kappa shape index (κ1) is 14.7. The van der Waals surface area contributed by atoms with E-state index in [9.17, 15) is 5.11 Å². The fourth-order valence-electron chi connectivity index (χ4n) is 2.19. The van der Waals surface area contributed by atoms with Gasteiger partial charge in [0.2, 0.25) is 0 Å². The summed E-state index contributed by atoms with van der Waals surface area (Å²) in [7, 11) is 0. The molecule has 0 bridgehead atoms. The minimum Gasteiger partial charge on any atom is -0.384 e. The lowest BCUT2D eigenvalue weighted by molar-refractivity contribution is 0.0548. The average molecular weight is 318 g/mol. The van der Waals surface area contributed by atoms with Crippen LogP contribution in [-0.2, 0) is 5.60 Å². The molecule has 0 amide bonds. The van der Waals surface area contributed by atoms with Gasteiger partial charge in [0.15, 0.2) is 0 Å². The molecule has 0 aliphatic carbocycles. The third-order valence-corrected chi connectivity index (χ3v) is 5.48. The van der Waals surface area contributed by atoms with Gasteiger partial charge in [-0.05, 0) is 48.4 Å². The predicted octanol–water partition coefficient (Wildman–Crippen LogP) is 3.92. The number of benzene rings is 1. The standard InChI is InChI=1S/C16H18N2OS2/c1-11(15-18-13-5-3-4-6-14(13)21-15)17-10-16(2,19)12-7-8-20-9-12/h3-9,11,17,19H,10H2,1-2H3/t11-,16-/m1/s1. The molecule has 0 spiro atoms. The van der Waals surface area contributed by atoms with Gasteiger partial charge in [-0.3, -0.25) is 0 Å². The van der Waals surface area contributed by atoms with Gasteiger partial charge in [0.05, 0.1) is 16.3 Å². The number of hydrogen-bond acceptors (Lipinski definition) is 5. The molecule has 2 N–H and O–H groups in total. The van der Waals surface area contributed by atoms with Crippen molar-refractivity contribution in [2.24, 2.45) is 0 Å². The summed E-state index contributed by atoms with van der Waals surface area (Å²) in [5, 5.41) is 19.0. The summed E-state index contributed by atoms with van der Waals surface area (Å²) in [6.45, 7) is 4.43. The number of aromatic nitrogens is 1. The monoisotopic (exact) mass is 318 g/mol. The predicted molar refractivity (Wildman–Crippen MR) is 89.9 cm³/mol. The summed E-state index contributed by atoms with van der Waals surface area (Å²) in [4.78, 5) is 4.65. The number of thiophene rings is 1. The largest absolute Gasteiger partial charge is 0.384 e. The Morgan fingerprint density at radius 1 is 1.33 bits per heavy atom. The van der Waals surface area contributed by atoms with Gasteiger partial charge in [0, 0.05) is 6.54 Å². The van der Waals surface area contributed by atoms with Crippen LogP contribution < -0.4 is 5.32 Å². The SMILES string of the molecule is C[C@@H](NC[C@@](C)(O)c1ccsc1)c1nc2ccccc2s1. The zero-order chi connectivity index (χ0) is 14.9. The Morgan fingerprint density at radius 3 is 2.86 bits per heavy atom. The van der Waals surface area contributed by atoms with Crippen LogP contribution in [0.15, 0.2) is 41.1 Å². The van der Waals surface area contributed by atoms with Crippen molar-refractivity contribution in [1.82, 2.24) is 10.3 Å². The minimum atomic E-state index is -0.856. The molecule has 0 saturated carbocycles. The van der Waals surface area contributed by atoms with E-state index in [4.69, 9.17) is 0 Å². The van der Waals surface area contributed by atoms with Crippen molar-refractivity contribution in [2.45, 2.75) is 25.5 Å². The fourth-order valence-corrected chi connectivity index (χ4v) is 3.96. The van der Waals surface area contributed by atoms with Gasteiger partial charge in [-0.25, -0.2) is 4.98 Å². The number of para-hydroxylation sites is 1. The van der Waals surface area contributed by atoms with E-state index < -0.39 is 5.60 Å². The highest BCUT2D eigenvalue weighted by molar-refractivity contribution is 7.18. The molecule has 0 fully saturated rings. The van der Waals surface area contributed by atoms with Crippen molar-refractivity contribution in [3.8, 4) is 0 Å². The van der Waals surface area contributed by atoms with Crippen molar-refractivity contribution in [1.29, 1.82) is 0 Å². The number of nitrogens with zero attached hydrogens (tertiary/aromatic N) is 1. The van der Waals surface area contributed by atoms with Crippen molar-refractivity contribution in [3.05, 3.63) is 51.7 Å². The number of nitrogens with one attached hydrogen (secondary N) is 1. The molecule has 0 radical (unpaired) electrons. The van der Waals surface area contributed by atoms with Gasteiger partial charge in [0.1, 0.15) is 10.6 Å². The van der Waals surface area contributed by atoms with Crippen molar-refractivity contribution in [3.63, 3.8) is 0 Å². The summed E-state index contributed by atoms with van der Waals surface area (Å²) in [6, 6.07) is 10.2. The second-order valence-corrected chi connectivity index (χ2v) is 7.25. The number of thiazole rings is 1. The summed E-state index contributed by atoms with van der Waals surface area (Å²) in [5.74, 6) is 0. The minimum absolute atomic E-state index is 0.118. The Balaban J connectivity index is 1.70. The Bertz CT molecular complexity index is 686. The van der Waals surface area contributed by atoms with Crippen LogP contribution in [0.1, 0.15) is 30.5 Å². The van der Waals surface area contributed by atoms with Gasteiger partial charge in [-0.1, -0.05) is 12.1 Å². The van der Waals surface area contributed by atoms with Gasteiger partial charge in [0.25, 0.3) is 0 Å². The van der Waals surface area contributed by atoms with E-state index >= 15 is 0 Å². The molecular formula is C16H18N2OS2. The van der Waals surface area contributed by atoms with Crippen molar-refractivity contribution >= 4 is 32.9 Å². The Hall–Kier alpha value is -1.27.